The minimum atomic E-state index is 0.524. The van der Waals surface area contributed by atoms with Crippen molar-refractivity contribution in [3.05, 3.63) is 59.1 Å². The minimum Gasteiger partial charge on any atom is -0.493 e. The molecule has 3 nitrogen and oxygen atoms in total. The Balaban J connectivity index is 1.75. The Morgan fingerprint density at radius 2 is 1.81 bits per heavy atom. The number of rotatable bonds is 7. The summed E-state index contributed by atoms with van der Waals surface area (Å²) in [6.07, 6.45) is 0. The van der Waals surface area contributed by atoms with Crippen molar-refractivity contribution in [2.24, 2.45) is 0 Å². The van der Waals surface area contributed by atoms with Gasteiger partial charge in [0.15, 0.2) is 11.5 Å². The van der Waals surface area contributed by atoms with Gasteiger partial charge in [-0.15, -0.1) is 23.1 Å². The molecular weight excluding hydrogens is 362 g/mol. The van der Waals surface area contributed by atoms with Crippen LogP contribution in [0.1, 0.15) is 31.0 Å². The minimum absolute atomic E-state index is 0.524. The first-order chi connectivity index (χ1) is 12.6. The molecule has 0 saturated heterocycles. The lowest BCUT2D eigenvalue weighted by molar-refractivity contribution is 0.355. The second-order valence-electron chi connectivity index (χ2n) is 6.19. The van der Waals surface area contributed by atoms with Crippen LogP contribution in [0.5, 0.6) is 11.5 Å². The van der Waals surface area contributed by atoms with Crippen LogP contribution in [-0.4, -0.2) is 19.2 Å². The number of ether oxygens (including phenoxy) is 2. The van der Waals surface area contributed by atoms with E-state index >= 15 is 0 Å². The average Bonchev–Trinajstić information content (AvgIpc) is 3.15. The summed E-state index contributed by atoms with van der Waals surface area (Å²) in [4.78, 5) is 6.14. The molecule has 1 heterocycles. The smallest absolute Gasteiger partial charge is 0.161 e. The molecule has 0 aliphatic heterocycles. The van der Waals surface area contributed by atoms with Crippen molar-refractivity contribution in [3.8, 4) is 22.1 Å². The van der Waals surface area contributed by atoms with Crippen molar-refractivity contribution in [2.75, 3.05) is 14.2 Å². The number of thiazole rings is 1. The molecular formula is C21H23NO2S2. The van der Waals surface area contributed by atoms with Crippen LogP contribution >= 0.6 is 23.1 Å². The summed E-state index contributed by atoms with van der Waals surface area (Å²) in [5.41, 5.74) is 3.54. The monoisotopic (exact) mass is 385 g/mol. The topological polar surface area (TPSA) is 31.4 Å². The van der Waals surface area contributed by atoms with Crippen LogP contribution < -0.4 is 9.47 Å². The van der Waals surface area contributed by atoms with Gasteiger partial charge in [0.25, 0.3) is 0 Å². The van der Waals surface area contributed by atoms with Gasteiger partial charge in [-0.1, -0.05) is 32.0 Å². The molecule has 0 unspecified atom stereocenters. The first kappa shape index (κ1) is 18.8. The molecule has 0 atom stereocenters. The van der Waals surface area contributed by atoms with Crippen LogP contribution in [0.25, 0.3) is 10.6 Å². The Morgan fingerprint density at radius 3 is 2.54 bits per heavy atom. The van der Waals surface area contributed by atoms with Crippen LogP contribution in [0, 0.1) is 0 Å². The summed E-state index contributed by atoms with van der Waals surface area (Å²) in [6, 6.07) is 14.5. The lowest BCUT2D eigenvalue weighted by Gasteiger charge is -2.11. The summed E-state index contributed by atoms with van der Waals surface area (Å²) in [5.74, 6) is 2.85. The van der Waals surface area contributed by atoms with Gasteiger partial charge in [-0.05, 0) is 35.7 Å². The zero-order chi connectivity index (χ0) is 18.5. The molecule has 0 N–H and O–H groups in total. The van der Waals surface area contributed by atoms with Gasteiger partial charge < -0.3 is 9.47 Å². The molecule has 2 aromatic carbocycles. The predicted octanol–water partition coefficient (Wildman–Crippen LogP) is 6.24. The van der Waals surface area contributed by atoms with E-state index in [4.69, 9.17) is 14.5 Å². The third kappa shape index (κ3) is 4.22. The Kier molecular flexibility index (Phi) is 6.22. The highest BCUT2D eigenvalue weighted by atomic mass is 32.2. The van der Waals surface area contributed by atoms with Crippen molar-refractivity contribution in [2.45, 2.75) is 30.4 Å². The van der Waals surface area contributed by atoms with E-state index in [1.165, 1.54) is 10.5 Å². The predicted molar refractivity (Wildman–Crippen MR) is 111 cm³/mol. The molecule has 0 amide bonds. The summed E-state index contributed by atoms with van der Waals surface area (Å²) in [7, 11) is 3.29. The van der Waals surface area contributed by atoms with Gasteiger partial charge in [-0.2, -0.15) is 0 Å². The van der Waals surface area contributed by atoms with E-state index in [1.54, 1.807) is 25.6 Å². The van der Waals surface area contributed by atoms with Crippen LogP contribution in [0.2, 0.25) is 0 Å². The molecule has 0 fully saturated rings. The maximum atomic E-state index is 5.39. The zero-order valence-corrected chi connectivity index (χ0v) is 17.1. The molecule has 3 aromatic rings. The molecule has 0 aliphatic carbocycles. The van der Waals surface area contributed by atoms with E-state index in [1.807, 2.05) is 30.0 Å². The fraction of sp³-hybridized carbons (Fsp3) is 0.286. The van der Waals surface area contributed by atoms with Crippen molar-refractivity contribution < 1.29 is 9.47 Å². The van der Waals surface area contributed by atoms with E-state index in [0.717, 1.165) is 33.5 Å². The zero-order valence-electron chi connectivity index (χ0n) is 15.5. The molecule has 1 aromatic heterocycles. The van der Waals surface area contributed by atoms with Crippen LogP contribution in [0.3, 0.4) is 0 Å². The van der Waals surface area contributed by atoms with Gasteiger partial charge in [0, 0.05) is 21.6 Å². The standard InChI is InChI=1S/C21H23NO2S2/c1-14(2)17-7-5-6-8-20(17)25-12-16-13-26-21(22-16)15-9-10-18(23-3)19(11-15)24-4/h5-11,13-14H,12H2,1-4H3. The van der Waals surface area contributed by atoms with E-state index in [2.05, 4.69) is 43.5 Å². The molecule has 3 rings (SSSR count). The van der Waals surface area contributed by atoms with E-state index < -0.39 is 0 Å². The highest BCUT2D eigenvalue weighted by Gasteiger charge is 2.11. The van der Waals surface area contributed by atoms with Gasteiger partial charge >= 0.3 is 0 Å². The number of hydrogen-bond donors (Lipinski definition) is 0. The third-order valence-electron chi connectivity index (χ3n) is 4.10. The summed E-state index contributed by atoms with van der Waals surface area (Å²) < 4.78 is 10.7. The number of nitrogens with zero attached hydrogens (tertiary/aromatic N) is 1. The molecule has 26 heavy (non-hydrogen) atoms. The number of aromatic nitrogens is 1. The van der Waals surface area contributed by atoms with Crippen LogP contribution in [-0.2, 0) is 5.75 Å². The second-order valence-corrected chi connectivity index (χ2v) is 8.07. The maximum absolute atomic E-state index is 5.39. The number of hydrogen-bond acceptors (Lipinski definition) is 5. The highest BCUT2D eigenvalue weighted by Crippen LogP contribution is 2.35. The first-order valence-electron chi connectivity index (χ1n) is 8.51. The van der Waals surface area contributed by atoms with Gasteiger partial charge in [0.1, 0.15) is 5.01 Å². The lowest BCUT2D eigenvalue weighted by Crippen LogP contribution is -1.91. The normalized spacial score (nSPS) is 11.0. The lowest BCUT2D eigenvalue weighted by atomic mass is 10.0. The fourth-order valence-electron chi connectivity index (χ4n) is 2.72. The van der Waals surface area contributed by atoms with Gasteiger partial charge in [0.2, 0.25) is 0 Å². The van der Waals surface area contributed by atoms with E-state index in [0.29, 0.717) is 5.92 Å². The van der Waals surface area contributed by atoms with E-state index in [9.17, 15) is 0 Å². The summed E-state index contributed by atoms with van der Waals surface area (Å²) in [6.45, 7) is 4.47. The van der Waals surface area contributed by atoms with Crippen molar-refractivity contribution in [3.63, 3.8) is 0 Å². The molecule has 0 spiro atoms. The molecule has 0 aliphatic rings. The van der Waals surface area contributed by atoms with Gasteiger partial charge in [-0.3, -0.25) is 0 Å². The quantitative estimate of drug-likeness (QED) is 0.450. The van der Waals surface area contributed by atoms with Crippen molar-refractivity contribution >= 4 is 23.1 Å². The van der Waals surface area contributed by atoms with Crippen molar-refractivity contribution in [1.29, 1.82) is 0 Å². The summed E-state index contributed by atoms with van der Waals surface area (Å²) in [5, 5.41) is 3.13. The summed E-state index contributed by atoms with van der Waals surface area (Å²) >= 11 is 3.51. The molecule has 5 heteroatoms. The third-order valence-corrected chi connectivity index (χ3v) is 6.16. The fourth-order valence-corrected chi connectivity index (χ4v) is 4.73. The Hall–Kier alpha value is -1.98. The van der Waals surface area contributed by atoms with Crippen molar-refractivity contribution in [1.82, 2.24) is 4.98 Å². The van der Waals surface area contributed by atoms with Crippen LogP contribution in [0.4, 0.5) is 0 Å². The number of methoxy groups -OCH3 is 2. The van der Waals surface area contributed by atoms with Gasteiger partial charge in [-0.25, -0.2) is 4.98 Å². The maximum Gasteiger partial charge on any atom is 0.161 e. The molecule has 0 saturated carbocycles. The number of benzene rings is 2. The molecule has 136 valence electrons. The first-order valence-corrected chi connectivity index (χ1v) is 10.4. The van der Waals surface area contributed by atoms with E-state index in [-0.39, 0.29) is 0 Å². The second kappa shape index (κ2) is 8.60. The Morgan fingerprint density at radius 1 is 1.04 bits per heavy atom. The highest BCUT2D eigenvalue weighted by molar-refractivity contribution is 7.98. The molecule has 0 bridgehead atoms. The van der Waals surface area contributed by atoms with Crippen LogP contribution in [0.15, 0.2) is 52.7 Å². The van der Waals surface area contributed by atoms with Gasteiger partial charge in [0.05, 0.1) is 19.9 Å². The SMILES string of the molecule is COc1ccc(-c2nc(CSc3ccccc3C(C)C)cs2)cc1OC. The largest absolute Gasteiger partial charge is 0.493 e. The molecule has 0 radical (unpaired) electrons. The Labute approximate surface area is 163 Å². The average molecular weight is 386 g/mol. The Bertz CT molecular complexity index is 874. The number of thioether (sulfide) groups is 1.